The monoisotopic (exact) mass is 203 g/mol. The summed E-state index contributed by atoms with van der Waals surface area (Å²) < 4.78 is 2.17. The van der Waals surface area contributed by atoms with Gasteiger partial charge >= 0.3 is 0 Å². The van der Waals surface area contributed by atoms with E-state index in [1.165, 1.54) is 5.56 Å². The first-order chi connectivity index (χ1) is 7.12. The second-order valence-corrected chi connectivity index (χ2v) is 5.35. The van der Waals surface area contributed by atoms with Crippen molar-refractivity contribution in [2.24, 2.45) is 5.41 Å². The van der Waals surface area contributed by atoms with E-state index in [9.17, 15) is 4.79 Å². The Kier molecular flexibility index (Phi) is 1.68. The number of aromatic nitrogens is 1. The molecular weight excluding hydrogens is 186 g/mol. The quantitative estimate of drug-likeness (QED) is 0.687. The predicted octanol–water partition coefficient (Wildman–Crippen LogP) is 2.98. The van der Waals surface area contributed by atoms with Crippen LogP contribution in [0.5, 0.6) is 0 Å². The van der Waals surface area contributed by atoms with E-state index in [1.54, 1.807) is 0 Å². The summed E-state index contributed by atoms with van der Waals surface area (Å²) in [6.07, 6.45) is 8.65. The van der Waals surface area contributed by atoms with Gasteiger partial charge in [0.2, 0.25) is 0 Å². The van der Waals surface area contributed by atoms with Crippen LogP contribution in [-0.2, 0) is 6.42 Å². The molecule has 1 spiro atoms. The maximum Gasteiger partial charge on any atom is 0.170 e. The Hall–Kier alpha value is -1.05. The fourth-order valence-corrected chi connectivity index (χ4v) is 2.62. The molecule has 2 aliphatic carbocycles. The lowest BCUT2D eigenvalue weighted by Gasteiger charge is -2.19. The van der Waals surface area contributed by atoms with E-state index >= 15 is 0 Å². The minimum Gasteiger partial charge on any atom is -0.351 e. The number of rotatable bonds is 1. The van der Waals surface area contributed by atoms with Crippen molar-refractivity contribution in [3.63, 3.8) is 0 Å². The molecule has 15 heavy (non-hydrogen) atoms. The van der Waals surface area contributed by atoms with Gasteiger partial charge in [0.05, 0.1) is 0 Å². The molecule has 1 fully saturated rings. The van der Waals surface area contributed by atoms with Crippen LogP contribution in [0.3, 0.4) is 0 Å². The van der Waals surface area contributed by atoms with Crippen LogP contribution in [0.15, 0.2) is 12.4 Å². The summed E-state index contributed by atoms with van der Waals surface area (Å²) in [5, 5.41) is 0. The maximum absolute atomic E-state index is 12.2. The fraction of sp³-hybridized carbons (Fsp3) is 0.615. The highest BCUT2D eigenvalue weighted by Gasteiger charge is 2.52. The van der Waals surface area contributed by atoms with Gasteiger partial charge in [0.25, 0.3) is 0 Å². The summed E-state index contributed by atoms with van der Waals surface area (Å²) in [6, 6.07) is 0.457. The zero-order valence-corrected chi connectivity index (χ0v) is 9.42. The molecule has 0 aliphatic heterocycles. The highest BCUT2D eigenvalue weighted by Crippen LogP contribution is 2.54. The van der Waals surface area contributed by atoms with Gasteiger partial charge in [-0.25, -0.2) is 0 Å². The molecule has 0 amide bonds. The highest BCUT2D eigenvalue weighted by atomic mass is 16.1. The molecule has 0 N–H and O–H groups in total. The fourth-order valence-electron chi connectivity index (χ4n) is 2.62. The van der Waals surface area contributed by atoms with E-state index in [4.69, 9.17) is 0 Å². The topological polar surface area (TPSA) is 22.0 Å². The van der Waals surface area contributed by atoms with Crippen LogP contribution in [0, 0.1) is 5.41 Å². The lowest BCUT2D eigenvalue weighted by molar-refractivity contribution is 0.0881. The van der Waals surface area contributed by atoms with Crippen molar-refractivity contribution in [2.45, 2.75) is 45.6 Å². The summed E-state index contributed by atoms with van der Waals surface area (Å²) in [6.45, 7) is 4.31. The molecule has 1 saturated carbocycles. The van der Waals surface area contributed by atoms with Gasteiger partial charge in [-0.15, -0.1) is 0 Å². The number of fused-ring (bicyclic) bond motifs is 1. The summed E-state index contributed by atoms with van der Waals surface area (Å²) in [5.74, 6) is 0.420. The second-order valence-electron chi connectivity index (χ2n) is 5.35. The molecule has 2 aliphatic rings. The van der Waals surface area contributed by atoms with Gasteiger partial charge in [-0.3, -0.25) is 4.79 Å². The van der Waals surface area contributed by atoms with Crippen molar-refractivity contribution < 1.29 is 4.79 Å². The number of hydrogen-bond donors (Lipinski definition) is 0. The Morgan fingerprint density at radius 2 is 2.00 bits per heavy atom. The number of hydrogen-bond acceptors (Lipinski definition) is 1. The van der Waals surface area contributed by atoms with Gasteiger partial charge in [0.1, 0.15) is 0 Å². The second kappa shape index (κ2) is 2.75. The highest BCUT2D eigenvalue weighted by molar-refractivity contribution is 6.04. The lowest BCUT2D eigenvalue weighted by atomic mass is 9.82. The first-order valence-corrected chi connectivity index (χ1v) is 5.87. The Bertz CT molecular complexity index is 424. The zero-order valence-electron chi connectivity index (χ0n) is 9.42. The third-order valence-corrected chi connectivity index (χ3v) is 3.98. The molecule has 0 bridgehead atoms. The minimum absolute atomic E-state index is 0.0795. The van der Waals surface area contributed by atoms with Crippen LogP contribution >= 0.6 is 0 Å². The Morgan fingerprint density at radius 3 is 2.60 bits per heavy atom. The van der Waals surface area contributed by atoms with E-state index in [-0.39, 0.29) is 5.41 Å². The molecule has 0 atom stereocenters. The number of carbonyl (C=O) groups is 1. The molecule has 1 aromatic rings. The van der Waals surface area contributed by atoms with Crippen LogP contribution in [-0.4, -0.2) is 10.4 Å². The largest absolute Gasteiger partial charge is 0.351 e. The summed E-state index contributed by atoms with van der Waals surface area (Å²) in [5.41, 5.74) is 2.36. The van der Waals surface area contributed by atoms with E-state index in [0.717, 1.165) is 31.2 Å². The average molecular weight is 203 g/mol. The molecule has 0 saturated heterocycles. The van der Waals surface area contributed by atoms with Gasteiger partial charge < -0.3 is 4.57 Å². The van der Waals surface area contributed by atoms with Crippen molar-refractivity contribution >= 4 is 5.78 Å². The molecular formula is C13H17NO. The van der Waals surface area contributed by atoms with Crippen molar-refractivity contribution in [2.75, 3.05) is 0 Å². The van der Waals surface area contributed by atoms with Crippen LogP contribution in [0.2, 0.25) is 0 Å². The normalized spacial score (nSPS) is 22.2. The molecule has 3 rings (SSSR count). The van der Waals surface area contributed by atoms with E-state index in [1.807, 2.05) is 0 Å². The Morgan fingerprint density at radius 1 is 1.27 bits per heavy atom. The zero-order chi connectivity index (χ0) is 10.6. The summed E-state index contributed by atoms with van der Waals surface area (Å²) >= 11 is 0. The summed E-state index contributed by atoms with van der Waals surface area (Å²) in [7, 11) is 0. The van der Waals surface area contributed by atoms with Crippen molar-refractivity contribution in [1.29, 1.82) is 0 Å². The summed E-state index contributed by atoms with van der Waals surface area (Å²) in [4.78, 5) is 12.2. The predicted molar refractivity (Wildman–Crippen MR) is 59.1 cm³/mol. The maximum atomic E-state index is 12.2. The Balaban J connectivity index is 2.04. The van der Waals surface area contributed by atoms with Crippen LogP contribution in [0.1, 0.15) is 55.1 Å². The lowest BCUT2D eigenvalue weighted by Crippen LogP contribution is -2.22. The number of carbonyl (C=O) groups excluding carboxylic acids is 1. The number of ketones is 1. The molecule has 2 heteroatoms. The van der Waals surface area contributed by atoms with E-state index in [2.05, 4.69) is 30.8 Å². The Labute approximate surface area is 90.3 Å². The van der Waals surface area contributed by atoms with E-state index in [0.29, 0.717) is 11.8 Å². The smallest absolute Gasteiger partial charge is 0.170 e. The number of aryl methyl sites for hydroxylation is 1. The molecule has 2 nitrogen and oxygen atoms in total. The first-order valence-electron chi connectivity index (χ1n) is 5.87. The first kappa shape index (κ1) is 9.20. The van der Waals surface area contributed by atoms with Crippen molar-refractivity contribution in [1.82, 2.24) is 4.57 Å². The van der Waals surface area contributed by atoms with Gasteiger partial charge in [-0.1, -0.05) is 0 Å². The molecule has 0 radical (unpaired) electrons. The van der Waals surface area contributed by atoms with Crippen LogP contribution in [0.4, 0.5) is 0 Å². The standard InChI is InChI=1S/C13H17NO/c1-9(2)14-7-10-3-4-13(5-6-13)12(15)11(10)8-14/h7-9H,3-6H2,1-2H3. The minimum atomic E-state index is 0.0795. The SMILES string of the molecule is CC(C)n1cc2c(c1)C(=O)C1(CC2)CC1. The van der Waals surface area contributed by atoms with Crippen molar-refractivity contribution in [3.05, 3.63) is 23.5 Å². The molecule has 1 heterocycles. The number of Topliss-reactive ketones (excluding diaryl/α,β-unsaturated/α-hetero) is 1. The van der Waals surface area contributed by atoms with Gasteiger partial charge in [0, 0.05) is 29.4 Å². The third kappa shape index (κ3) is 1.20. The molecule has 0 unspecified atom stereocenters. The molecule has 0 aromatic carbocycles. The van der Waals surface area contributed by atoms with Crippen LogP contribution in [0.25, 0.3) is 0 Å². The average Bonchev–Trinajstić information content (AvgIpc) is 2.83. The van der Waals surface area contributed by atoms with Crippen molar-refractivity contribution in [3.8, 4) is 0 Å². The van der Waals surface area contributed by atoms with Gasteiger partial charge in [-0.2, -0.15) is 0 Å². The van der Waals surface area contributed by atoms with E-state index < -0.39 is 0 Å². The van der Waals surface area contributed by atoms with Crippen LogP contribution < -0.4 is 0 Å². The molecule has 1 aromatic heterocycles. The number of nitrogens with zero attached hydrogens (tertiary/aromatic N) is 1. The van der Waals surface area contributed by atoms with Gasteiger partial charge in [0.15, 0.2) is 5.78 Å². The van der Waals surface area contributed by atoms with Gasteiger partial charge in [-0.05, 0) is 45.1 Å². The third-order valence-electron chi connectivity index (χ3n) is 3.98. The molecule has 80 valence electrons.